The predicted octanol–water partition coefficient (Wildman–Crippen LogP) is -0.192. The molecule has 3 amide bonds. The molecule has 57 heavy (non-hydrogen) atoms. The van der Waals surface area contributed by atoms with Gasteiger partial charge in [0.05, 0.1) is 32.2 Å². The number of aliphatic hydroxyl groups excluding tert-OH is 2. The molecule has 0 bridgehead atoms. The molecule has 3 aromatic rings. The van der Waals surface area contributed by atoms with E-state index >= 15 is 0 Å². The molecule has 0 radical (unpaired) electrons. The zero-order chi connectivity index (χ0) is 40.2. The maximum Gasteiger partial charge on any atom is 0.274 e. The number of carbonyl (C=O) groups is 3. The predicted molar refractivity (Wildman–Crippen MR) is 215 cm³/mol. The number of aromatic nitrogens is 2. The van der Waals surface area contributed by atoms with E-state index in [1.807, 2.05) is 48.5 Å². The van der Waals surface area contributed by atoms with Gasteiger partial charge in [-0.25, -0.2) is 9.97 Å². The number of rotatable bonds is 24. The molecule has 1 atom stereocenters. The second kappa shape index (κ2) is 25.1. The van der Waals surface area contributed by atoms with E-state index in [-0.39, 0.29) is 79.2 Å². The number of nitrogen functional groups attached to an aromatic ring is 2. The zero-order valence-corrected chi connectivity index (χ0v) is 34.0. The van der Waals surface area contributed by atoms with Crippen LogP contribution in [-0.4, -0.2) is 114 Å². The first-order valence-corrected chi connectivity index (χ1v) is 19.9. The summed E-state index contributed by atoms with van der Waals surface area (Å²) >= 11 is 6.06. The van der Waals surface area contributed by atoms with Crippen molar-refractivity contribution in [1.29, 1.82) is 0 Å². The van der Waals surface area contributed by atoms with Gasteiger partial charge in [-0.05, 0) is 86.8 Å². The summed E-state index contributed by atoms with van der Waals surface area (Å²) in [6.07, 6.45) is 8.09. The van der Waals surface area contributed by atoms with Gasteiger partial charge in [0, 0.05) is 39.1 Å². The SMILES string of the molecule is Nc1nc(N)c(C(=O)N[C@H]2CCC[N+](CCCc3ccc(OCC(=O)NCCCCO)cc3)(CCCc3ccc(OCC(=O)NCCCCO)cc3)C2)nc1Cl.[Cl-]. The van der Waals surface area contributed by atoms with E-state index in [2.05, 4.69) is 25.9 Å². The molecule has 15 nitrogen and oxygen atoms in total. The van der Waals surface area contributed by atoms with E-state index in [9.17, 15) is 14.4 Å². The largest absolute Gasteiger partial charge is 1.00 e. The van der Waals surface area contributed by atoms with Gasteiger partial charge < -0.3 is 64.0 Å². The molecular formula is C40H58Cl2N8O7. The Kier molecular flexibility index (Phi) is 20.6. The average molecular weight is 834 g/mol. The molecule has 0 unspecified atom stereocenters. The molecule has 2 aromatic carbocycles. The maximum absolute atomic E-state index is 13.3. The topological polar surface area (TPSA) is 224 Å². The molecule has 0 aliphatic carbocycles. The monoisotopic (exact) mass is 832 g/mol. The van der Waals surface area contributed by atoms with Crippen molar-refractivity contribution in [2.24, 2.45) is 0 Å². The van der Waals surface area contributed by atoms with Crippen molar-refractivity contribution in [1.82, 2.24) is 25.9 Å². The van der Waals surface area contributed by atoms with Crippen LogP contribution in [0.2, 0.25) is 5.15 Å². The zero-order valence-electron chi connectivity index (χ0n) is 32.5. The lowest BCUT2D eigenvalue weighted by atomic mass is 9.99. The Balaban J connectivity index is 0.00000870. The average Bonchev–Trinajstić information content (AvgIpc) is 3.19. The number of carbonyl (C=O) groups excluding carboxylic acids is 3. The summed E-state index contributed by atoms with van der Waals surface area (Å²) in [6, 6.07) is 15.6. The van der Waals surface area contributed by atoms with E-state index in [1.54, 1.807) is 0 Å². The highest BCUT2D eigenvalue weighted by atomic mass is 35.5. The van der Waals surface area contributed by atoms with Crippen LogP contribution < -0.4 is 49.3 Å². The van der Waals surface area contributed by atoms with Crippen molar-refractivity contribution in [3.05, 3.63) is 70.5 Å². The number of ether oxygens (including phenoxy) is 2. The highest BCUT2D eigenvalue weighted by molar-refractivity contribution is 6.31. The van der Waals surface area contributed by atoms with E-state index < -0.39 is 5.91 Å². The van der Waals surface area contributed by atoms with Gasteiger partial charge in [-0.2, -0.15) is 0 Å². The third kappa shape index (κ3) is 16.5. The summed E-state index contributed by atoms with van der Waals surface area (Å²) in [4.78, 5) is 45.4. The summed E-state index contributed by atoms with van der Waals surface area (Å²) in [5.41, 5.74) is 14.0. The Morgan fingerprint density at radius 1 is 0.754 bits per heavy atom. The lowest BCUT2D eigenvalue weighted by Crippen LogP contribution is -3.00. The molecule has 1 aliphatic heterocycles. The van der Waals surface area contributed by atoms with Crippen LogP contribution in [0, 0.1) is 0 Å². The number of unbranched alkanes of at least 4 members (excludes halogenated alkanes) is 2. The molecule has 0 spiro atoms. The Morgan fingerprint density at radius 2 is 1.26 bits per heavy atom. The van der Waals surface area contributed by atoms with Crippen molar-refractivity contribution in [3.8, 4) is 11.5 Å². The van der Waals surface area contributed by atoms with Gasteiger partial charge in [0.25, 0.3) is 17.7 Å². The number of nitrogens with two attached hydrogens (primary N) is 2. The van der Waals surface area contributed by atoms with Crippen LogP contribution in [0.5, 0.6) is 11.5 Å². The molecule has 2 heterocycles. The van der Waals surface area contributed by atoms with Crippen LogP contribution in [-0.2, 0) is 22.4 Å². The Morgan fingerprint density at radius 3 is 1.75 bits per heavy atom. The minimum atomic E-state index is -0.426. The fourth-order valence-electron chi connectivity index (χ4n) is 6.89. The van der Waals surface area contributed by atoms with E-state index in [0.29, 0.717) is 37.4 Å². The summed E-state index contributed by atoms with van der Waals surface area (Å²) in [6.45, 7) is 4.70. The number of amides is 3. The van der Waals surface area contributed by atoms with Crippen LogP contribution in [0.1, 0.15) is 73.0 Å². The number of benzene rings is 2. The number of halogens is 2. The van der Waals surface area contributed by atoms with Crippen LogP contribution in [0.15, 0.2) is 48.5 Å². The standard InChI is InChI=1S/C40H57ClN8O7.ClH/c41-37-39(43)48-38(42)36(47-37)40(54)46-31-10-7-23-49(26-31,21-5-8-29-11-15-32(16-12-29)55-27-34(52)44-19-1-3-24-50)22-6-9-30-13-17-33(18-14-30)56-28-35(53)45-20-2-4-25-51;/h11-18,31,50-51H,1-10,19-28H2,(H6-,42,43,44,45,46,48,52,53,54);1H/t31-;/m0./s1. The number of hydrogen-bond acceptors (Lipinski definition) is 11. The molecule has 9 N–H and O–H groups in total. The Hall–Kier alpha value is -4.41. The van der Waals surface area contributed by atoms with Gasteiger partial charge in [-0.15, -0.1) is 0 Å². The summed E-state index contributed by atoms with van der Waals surface area (Å²) in [7, 11) is 0. The van der Waals surface area contributed by atoms with Crippen LogP contribution in [0.25, 0.3) is 0 Å². The third-order valence-corrected chi connectivity index (χ3v) is 10.1. The van der Waals surface area contributed by atoms with Crippen molar-refractivity contribution >= 4 is 41.0 Å². The van der Waals surface area contributed by atoms with Crippen LogP contribution in [0.4, 0.5) is 11.6 Å². The number of quaternary nitrogens is 1. The number of anilines is 2. The minimum Gasteiger partial charge on any atom is -1.00 e. The lowest BCUT2D eigenvalue weighted by molar-refractivity contribution is -0.933. The van der Waals surface area contributed by atoms with Crippen molar-refractivity contribution in [2.75, 3.05) is 77.2 Å². The Labute approximate surface area is 346 Å². The molecule has 314 valence electrons. The molecular weight excluding hydrogens is 775 g/mol. The van der Waals surface area contributed by atoms with Crippen molar-refractivity contribution in [2.45, 2.75) is 70.3 Å². The second-order valence-corrected chi connectivity index (χ2v) is 14.6. The van der Waals surface area contributed by atoms with Crippen molar-refractivity contribution in [3.63, 3.8) is 0 Å². The molecule has 1 aliphatic rings. The van der Waals surface area contributed by atoms with Gasteiger partial charge in [0.2, 0.25) is 0 Å². The number of likely N-dealkylation sites (tertiary alicyclic amines) is 1. The van der Waals surface area contributed by atoms with Crippen LogP contribution in [0.3, 0.4) is 0 Å². The molecule has 1 fully saturated rings. The van der Waals surface area contributed by atoms with E-state index in [1.165, 1.54) is 11.1 Å². The van der Waals surface area contributed by atoms with Crippen molar-refractivity contribution < 1.29 is 51.0 Å². The normalized spacial score (nSPS) is 14.5. The second-order valence-electron chi connectivity index (χ2n) is 14.3. The third-order valence-electron chi connectivity index (χ3n) is 9.84. The molecule has 4 rings (SSSR count). The number of piperidine rings is 1. The first-order valence-electron chi connectivity index (χ1n) is 19.5. The molecule has 1 saturated heterocycles. The van der Waals surface area contributed by atoms with E-state index in [4.69, 9.17) is 42.8 Å². The first kappa shape index (κ1) is 47.0. The number of aryl methyl sites for hydroxylation is 2. The van der Waals surface area contributed by atoms with Gasteiger partial charge in [-0.3, -0.25) is 14.4 Å². The number of nitrogens with zero attached hydrogens (tertiary/aromatic N) is 3. The molecule has 0 saturated carbocycles. The van der Waals surface area contributed by atoms with Gasteiger partial charge in [0.1, 0.15) is 11.5 Å². The first-order chi connectivity index (χ1) is 27.1. The smallest absolute Gasteiger partial charge is 0.274 e. The summed E-state index contributed by atoms with van der Waals surface area (Å²) < 4.78 is 12.2. The lowest BCUT2D eigenvalue weighted by Gasteiger charge is -2.45. The number of aliphatic hydroxyl groups is 2. The maximum atomic E-state index is 13.3. The number of nitrogens with one attached hydrogen (secondary N) is 3. The van der Waals surface area contributed by atoms with Crippen LogP contribution >= 0.6 is 11.6 Å². The summed E-state index contributed by atoms with van der Waals surface area (Å²) in [5, 5.41) is 26.4. The highest BCUT2D eigenvalue weighted by Gasteiger charge is 2.35. The Bertz CT molecular complexity index is 1610. The number of hydrogen-bond donors (Lipinski definition) is 7. The van der Waals surface area contributed by atoms with Gasteiger partial charge in [-0.1, -0.05) is 35.9 Å². The molecule has 17 heteroatoms. The summed E-state index contributed by atoms with van der Waals surface area (Å²) in [5.74, 6) is 0.343. The van der Waals surface area contributed by atoms with Gasteiger partial charge in [0.15, 0.2) is 35.7 Å². The fraction of sp³-hybridized carbons (Fsp3) is 0.525. The molecule has 1 aromatic heterocycles. The van der Waals surface area contributed by atoms with Gasteiger partial charge >= 0.3 is 0 Å². The van der Waals surface area contributed by atoms with E-state index in [0.717, 1.165) is 82.0 Å². The highest BCUT2D eigenvalue weighted by Crippen LogP contribution is 2.25. The minimum absolute atomic E-state index is 0. The quantitative estimate of drug-likeness (QED) is 0.0463. The fourth-order valence-corrected chi connectivity index (χ4v) is 7.02.